The zero-order chi connectivity index (χ0) is 23.9. The molecule has 1 heterocycles. The Balaban J connectivity index is 2.89. The van der Waals surface area contributed by atoms with Crippen LogP contribution in [0, 0.1) is 0 Å². The minimum absolute atomic E-state index is 0.0656. The summed E-state index contributed by atoms with van der Waals surface area (Å²) in [4.78, 5) is 10.5. The maximum absolute atomic E-state index is 14.8. The molecule has 0 amide bonds. The SMILES string of the molecule is CCCCCCNC(O)C(/C=C/OC)=C(F)/C=C/Nc1ncc(N)c(N(C)C(C)CC)n1. The summed E-state index contributed by atoms with van der Waals surface area (Å²) >= 11 is 0. The monoisotopic (exact) mass is 450 g/mol. The average molecular weight is 451 g/mol. The van der Waals surface area contributed by atoms with Gasteiger partial charge in [-0.25, -0.2) is 9.37 Å². The summed E-state index contributed by atoms with van der Waals surface area (Å²) in [6.07, 6.45) is 10.8. The van der Waals surface area contributed by atoms with Gasteiger partial charge in [0.1, 0.15) is 12.1 Å². The normalized spacial score (nSPS) is 14.5. The molecule has 1 rings (SSSR count). The van der Waals surface area contributed by atoms with E-state index in [9.17, 15) is 9.50 Å². The van der Waals surface area contributed by atoms with Crippen molar-refractivity contribution in [1.82, 2.24) is 15.3 Å². The number of rotatable bonds is 15. The number of aliphatic hydroxyl groups is 1. The lowest BCUT2D eigenvalue weighted by Gasteiger charge is -2.26. The van der Waals surface area contributed by atoms with Gasteiger partial charge in [0.15, 0.2) is 5.82 Å². The molecular formula is C23H39FN6O2. The van der Waals surface area contributed by atoms with Crippen LogP contribution < -0.4 is 21.3 Å². The van der Waals surface area contributed by atoms with Crippen molar-refractivity contribution in [1.29, 1.82) is 0 Å². The number of hydrogen-bond acceptors (Lipinski definition) is 8. The fourth-order valence-electron chi connectivity index (χ4n) is 2.85. The number of nitrogen functional groups attached to an aromatic ring is 1. The number of methoxy groups -OCH3 is 1. The molecule has 0 saturated carbocycles. The van der Waals surface area contributed by atoms with Crippen LogP contribution >= 0.6 is 0 Å². The molecule has 2 atom stereocenters. The Morgan fingerprint density at radius 2 is 2.06 bits per heavy atom. The van der Waals surface area contributed by atoms with E-state index in [1.807, 2.05) is 11.9 Å². The molecule has 0 aliphatic rings. The molecule has 0 spiro atoms. The Labute approximate surface area is 191 Å². The minimum Gasteiger partial charge on any atom is -0.504 e. The van der Waals surface area contributed by atoms with Crippen molar-refractivity contribution >= 4 is 17.5 Å². The Morgan fingerprint density at radius 1 is 1.31 bits per heavy atom. The van der Waals surface area contributed by atoms with E-state index in [4.69, 9.17) is 10.5 Å². The van der Waals surface area contributed by atoms with Crippen LogP contribution in [0.2, 0.25) is 0 Å². The first-order valence-electron chi connectivity index (χ1n) is 11.1. The third kappa shape index (κ3) is 9.23. The first-order valence-corrected chi connectivity index (χ1v) is 11.1. The molecule has 32 heavy (non-hydrogen) atoms. The fourth-order valence-corrected chi connectivity index (χ4v) is 2.85. The van der Waals surface area contributed by atoms with Crippen molar-refractivity contribution in [3.63, 3.8) is 0 Å². The molecule has 180 valence electrons. The molecule has 1 aromatic rings. The molecule has 0 radical (unpaired) electrons. The third-order valence-corrected chi connectivity index (χ3v) is 5.15. The second kappa shape index (κ2) is 15.2. The maximum atomic E-state index is 14.8. The Hall–Kier alpha value is -2.65. The minimum atomic E-state index is -1.16. The van der Waals surface area contributed by atoms with Gasteiger partial charge in [-0.2, -0.15) is 4.98 Å². The Bertz CT molecular complexity index is 769. The van der Waals surface area contributed by atoms with E-state index in [0.717, 1.165) is 32.1 Å². The highest BCUT2D eigenvalue weighted by molar-refractivity contribution is 5.63. The van der Waals surface area contributed by atoms with E-state index in [2.05, 4.69) is 41.4 Å². The van der Waals surface area contributed by atoms with Crippen LogP contribution in [0.25, 0.3) is 0 Å². The van der Waals surface area contributed by atoms with Crippen molar-refractivity contribution in [2.24, 2.45) is 0 Å². The number of nitrogens with one attached hydrogen (secondary N) is 2. The van der Waals surface area contributed by atoms with Gasteiger partial charge in [0.25, 0.3) is 0 Å². The van der Waals surface area contributed by atoms with Crippen molar-refractivity contribution < 1.29 is 14.2 Å². The average Bonchev–Trinajstić information content (AvgIpc) is 2.79. The molecule has 0 bridgehead atoms. The quantitative estimate of drug-likeness (QED) is 0.137. The van der Waals surface area contributed by atoms with Crippen LogP contribution in [0.15, 0.2) is 42.2 Å². The standard InChI is InChI=1S/C23H39FN6O2/c1-6-8-9-10-13-26-22(31)18(12-15-32-5)19(24)11-14-27-23-28-16-20(25)21(29-23)30(4)17(3)7-2/h11-12,14-17,22,26,31H,6-10,13,25H2,1-5H3,(H,27,28,29)/b14-11+,15-12+,19-18-. The number of anilines is 3. The van der Waals surface area contributed by atoms with E-state index in [0.29, 0.717) is 18.1 Å². The summed E-state index contributed by atoms with van der Waals surface area (Å²) in [6.45, 7) is 6.88. The second-order valence-corrected chi connectivity index (χ2v) is 7.58. The number of unbranched alkanes of at least 4 members (excludes halogenated alkanes) is 3. The van der Waals surface area contributed by atoms with Crippen LogP contribution in [0.4, 0.5) is 21.8 Å². The molecule has 0 saturated heterocycles. The molecule has 0 aliphatic heterocycles. The highest BCUT2D eigenvalue weighted by Crippen LogP contribution is 2.22. The highest BCUT2D eigenvalue weighted by atomic mass is 19.1. The molecule has 5 N–H and O–H groups in total. The number of allylic oxidation sites excluding steroid dienone is 2. The predicted octanol–water partition coefficient (Wildman–Crippen LogP) is 4.09. The van der Waals surface area contributed by atoms with Crippen LogP contribution in [0.3, 0.4) is 0 Å². The predicted molar refractivity (Wildman–Crippen MR) is 130 cm³/mol. The molecule has 0 aromatic carbocycles. The van der Waals surface area contributed by atoms with E-state index < -0.39 is 12.1 Å². The third-order valence-electron chi connectivity index (χ3n) is 5.15. The molecule has 8 nitrogen and oxygen atoms in total. The van der Waals surface area contributed by atoms with Gasteiger partial charge < -0.3 is 25.8 Å². The molecule has 0 aliphatic carbocycles. The lowest BCUT2D eigenvalue weighted by atomic mass is 10.1. The summed E-state index contributed by atoms with van der Waals surface area (Å²) in [5.41, 5.74) is 6.54. The molecular weight excluding hydrogens is 411 g/mol. The smallest absolute Gasteiger partial charge is 0.228 e. The largest absolute Gasteiger partial charge is 0.504 e. The van der Waals surface area contributed by atoms with Gasteiger partial charge in [0.05, 0.1) is 25.3 Å². The summed E-state index contributed by atoms with van der Waals surface area (Å²) in [7, 11) is 3.38. The topological polar surface area (TPSA) is 109 Å². The van der Waals surface area contributed by atoms with Crippen molar-refractivity contribution in [3.05, 3.63) is 42.2 Å². The van der Waals surface area contributed by atoms with E-state index >= 15 is 0 Å². The van der Waals surface area contributed by atoms with E-state index in [1.165, 1.54) is 37.9 Å². The van der Waals surface area contributed by atoms with Gasteiger partial charge in [-0.3, -0.25) is 5.32 Å². The van der Waals surface area contributed by atoms with Gasteiger partial charge >= 0.3 is 0 Å². The molecule has 2 unspecified atom stereocenters. The van der Waals surface area contributed by atoms with Gasteiger partial charge in [0.2, 0.25) is 5.95 Å². The number of aliphatic hydroxyl groups excluding tert-OH is 1. The van der Waals surface area contributed by atoms with E-state index in [1.54, 1.807) is 0 Å². The summed E-state index contributed by atoms with van der Waals surface area (Å²) in [5, 5.41) is 16.2. The van der Waals surface area contributed by atoms with Crippen LogP contribution in [-0.4, -0.2) is 48.0 Å². The van der Waals surface area contributed by atoms with Crippen LogP contribution in [0.1, 0.15) is 52.9 Å². The van der Waals surface area contributed by atoms with E-state index in [-0.39, 0.29) is 17.6 Å². The highest BCUT2D eigenvalue weighted by Gasteiger charge is 2.14. The zero-order valence-corrected chi connectivity index (χ0v) is 19.9. The first kappa shape index (κ1) is 27.4. The van der Waals surface area contributed by atoms with Crippen LogP contribution in [-0.2, 0) is 4.74 Å². The van der Waals surface area contributed by atoms with Crippen molar-refractivity contribution in [2.45, 2.75) is 65.1 Å². The van der Waals surface area contributed by atoms with Crippen molar-refractivity contribution in [2.75, 3.05) is 36.7 Å². The van der Waals surface area contributed by atoms with Gasteiger partial charge in [-0.05, 0) is 38.5 Å². The molecule has 0 fully saturated rings. The lowest BCUT2D eigenvalue weighted by Crippen LogP contribution is -2.31. The van der Waals surface area contributed by atoms with Gasteiger partial charge in [0, 0.05) is 24.9 Å². The number of halogens is 1. The number of aromatic nitrogens is 2. The Morgan fingerprint density at radius 3 is 2.72 bits per heavy atom. The summed E-state index contributed by atoms with van der Waals surface area (Å²) < 4.78 is 19.7. The number of ether oxygens (including phenoxy) is 1. The second-order valence-electron chi connectivity index (χ2n) is 7.58. The Kier molecular flexibility index (Phi) is 13.0. The van der Waals surface area contributed by atoms with Crippen molar-refractivity contribution in [3.8, 4) is 0 Å². The zero-order valence-electron chi connectivity index (χ0n) is 19.9. The first-order chi connectivity index (χ1) is 15.3. The molecule has 1 aromatic heterocycles. The van der Waals surface area contributed by atoms with Gasteiger partial charge in [-0.15, -0.1) is 0 Å². The van der Waals surface area contributed by atoms with Crippen LogP contribution in [0.5, 0.6) is 0 Å². The number of nitrogens with two attached hydrogens (primary N) is 1. The number of nitrogens with zero attached hydrogens (tertiary/aromatic N) is 3. The maximum Gasteiger partial charge on any atom is 0.228 e. The summed E-state index contributed by atoms with van der Waals surface area (Å²) in [6, 6.07) is 0.252. The molecule has 9 heteroatoms. The van der Waals surface area contributed by atoms with Gasteiger partial charge in [-0.1, -0.05) is 33.1 Å². The fraction of sp³-hybridized carbons (Fsp3) is 0.565. The number of hydrogen-bond donors (Lipinski definition) is 4. The summed E-state index contributed by atoms with van der Waals surface area (Å²) in [5.74, 6) is 0.274. The lowest BCUT2D eigenvalue weighted by molar-refractivity contribution is 0.172.